The van der Waals surface area contributed by atoms with Gasteiger partial charge in [0.15, 0.2) is 0 Å². The zero-order chi connectivity index (χ0) is 16.8. The lowest BCUT2D eigenvalue weighted by Gasteiger charge is -2.08. The lowest BCUT2D eigenvalue weighted by atomic mass is 10.1. The van der Waals surface area contributed by atoms with Crippen molar-refractivity contribution in [1.82, 2.24) is 5.32 Å². The molecule has 0 saturated heterocycles. The third kappa shape index (κ3) is 4.98. The molecule has 1 N–H and O–H groups in total. The quantitative estimate of drug-likeness (QED) is 0.824. The average Bonchev–Trinajstić information content (AvgIpc) is 2.51. The van der Waals surface area contributed by atoms with E-state index in [1.54, 1.807) is 12.1 Å². The molecule has 0 atom stereocenters. The summed E-state index contributed by atoms with van der Waals surface area (Å²) >= 11 is 0. The van der Waals surface area contributed by atoms with Gasteiger partial charge in [0.1, 0.15) is 17.4 Å². The molecule has 0 bridgehead atoms. The van der Waals surface area contributed by atoms with Crippen molar-refractivity contribution in [3.05, 3.63) is 65.2 Å². The standard InChI is InChI=1S/C16H13F4NO2/c17-11-3-6-14(18)13(9-11)15(22)21-8-7-10-1-4-12(5-2-10)23-16(19)20/h1-6,9,16H,7-8H2,(H,21,22). The summed E-state index contributed by atoms with van der Waals surface area (Å²) in [6.07, 6.45) is 0.400. The predicted octanol–water partition coefficient (Wildman–Crippen LogP) is 3.54. The van der Waals surface area contributed by atoms with Gasteiger partial charge in [-0.2, -0.15) is 8.78 Å². The number of amides is 1. The van der Waals surface area contributed by atoms with Crippen LogP contribution in [0.2, 0.25) is 0 Å². The second-order valence-electron chi connectivity index (χ2n) is 4.65. The minimum absolute atomic E-state index is 0.0367. The van der Waals surface area contributed by atoms with E-state index in [-0.39, 0.29) is 17.9 Å². The molecule has 0 aliphatic carbocycles. The minimum Gasteiger partial charge on any atom is -0.435 e. The predicted molar refractivity (Wildman–Crippen MR) is 75.5 cm³/mol. The molecule has 3 nitrogen and oxygen atoms in total. The zero-order valence-electron chi connectivity index (χ0n) is 11.9. The van der Waals surface area contributed by atoms with Crippen molar-refractivity contribution < 1.29 is 27.1 Å². The highest BCUT2D eigenvalue weighted by atomic mass is 19.3. The first-order valence-electron chi connectivity index (χ1n) is 6.72. The first kappa shape index (κ1) is 16.8. The first-order chi connectivity index (χ1) is 11.0. The van der Waals surface area contributed by atoms with Gasteiger partial charge in [0.25, 0.3) is 5.91 Å². The van der Waals surface area contributed by atoms with Gasteiger partial charge in [-0.3, -0.25) is 4.79 Å². The lowest BCUT2D eigenvalue weighted by molar-refractivity contribution is -0.0498. The molecule has 122 valence electrons. The molecule has 2 rings (SSSR count). The SMILES string of the molecule is O=C(NCCc1ccc(OC(F)F)cc1)c1cc(F)ccc1F. The van der Waals surface area contributed by atoms with Crippen LogP contribution in [0.5, 0.6) is 5.75 Å². The zero-order valence-corrected chi connectivity index (χ0v) is 11.9. The summed E-state index contributed by atoms with van der Waals surface area (Å²) < 4.78 is 54.7. The monoisotopic (exact) mass is 327 g/mol. The molecule has 0 aliphatic heterocycles. The Kier molecular flexibility index (Phi) is 5.56. The van der Waals surface area contributed by atoms with E-state index < -0.39 is 24.2 Å². The van der Waals surface area contributed by atoms with Crippen LogP contribution in [0, 0.1) is 11.6 Å². The Morgan fingerprint density at radius 1 is 1.09 bits per heavy atom. The van der Waals surface area contributed by atoms with Crippen LogP contribution in [0.3, 0.4) is 0 Å². The molecule has 0 fully saturated rings. The van der Waals surface area contributed by atoms with E-state index in [4.69, 9.17) is 0 Å². The molecular formula is C16H13F4NO2. The summed E-state index contributed by atoms with van der Waals surface area (Å²) in [4.78, 5) is 11.8. The maximum atomic E-state index is 13.4. The largest absolute Gasteiger partial charge is 0.435 e. The highest BCUT2D eigenvalue weighted by Crippen LogP contribution is 2.15. The van der Waals surface area contributed by atoms with Crippen molar-refractivity contribution >= 4 is 5.91 Å². The van der Waals surface area contributed by atoms with Gasteiger partial charge < -0.3 is 10.1 Å². The van der Waals surface area contributed by atoms with E-state index >= 15 is 0 Å². The molecule has 0 radical (unpaired) electrons. The van der Waals surface area contributed by atoms with Crippen molar-refractivity contribution in [2.24, 2.45) is 0 Å². The maximum absolute atomic E-state index is 13.4. The number of halogens is 4. The summed E-state index contributed by atoms with van der Waals surface area (Å²) in [5, 5.41) is 2.47. The highest BCUT2D eigenvalue weighted by Gasteiger charge is 2.12. The van der Waals surface area contributed by atoms with E-state index in [9.17, 15) is 22.4 Å². The van der Waals surface area contributed by atoms with Crippen LogP contribution in [0.1, 0.15) is 15.9 Å². The molecule has 0 unspecified atom stereocenters. The number of alkyl halides is 2. The van der Waals surface area contributed by atoms with Gasteiger partial charge in [0.05, 0.1) is 5.56 Å². The van der Waals surface area contributed by atoms with Crippen molar-refractivity contribution in [2.75, 3.05) is 6.54 Å². The van der Waals surface area contributed by atoms with Crippen LogP contribution in [-0.2, 0) is 6.42 Å². The summed E-state index contributed by atoms with van der Waals surface area (Å²) in [5.41, 5.74) is 0.400. The van der Waals surface area contributed by atoms with Gasteiger partial charge in [-0.05, 0) is 42.3 Å². The summed E-state index contributed by atoms with van der Waals surface area (Å²) in [7, 11) is 0. The molecule has 7 heteroatoms. The molecule has 2 aromatic rings. The Hall–Kier alpha value is -2.57. The molecular weight excluding hydrogens is 314 g/mol. The third-order valence-corrected chi connectivity index (χ3v) is 3.02. The number of hydrogen-bond acceptors (Lipinski definition) is 2. The van der Waals surface area contributed by atoms with Crippen molar-refractivity contribution in [3.8, 4) is 5.75 Å². The fourth-order valence-electron chi connectivity index (χ4n) is 1.92. The third-order valence-electron chi connectivity index (χ3n) is 3.02. The van der Waals surface area contributed by atoms with Crippen molar-refractivity contribution in [1.29, 1.82) is 0 Å². The Bertz CT molecular complexity index is 674. The Morgan fingerprint density at radius 2 is 1.78 bits per heavy atom. The van der Waals surface area contributed by atoms with Gasteiger partial charge in [-0.15, -0.1) is 0 Å². The van der Waals surface area contributed by atoms with Crippen LogP contribution in [0.15, 0.2) is 42.5 Å². The molecule has 0 heterocycles. The molecule has 0 saturated carbocycles. The summed E-state index contributed by atoms with van der Waals surface area (Å²) in [5.74, 6) is -2.20. The average molecular weight is 327 g/mol. The Morgan fingerprint density at radius 3 is 2.43 bits per heavy atom. The van der Waals surface area contributed by atoms with Gasteiger partial charge in [0, 0.05) is 6.54 Å². The first-order valence-corrected chi connectivity index (χ1v) is 6.72. The van der Waals surface area contributed by atoms with E-state index in [2.05, 4.69) is 10.1 Å². The van der Waals surface area contributed by atoms with E-state index in [0.717, 1.165) is 23.8 Å². The summed E-state index contributed by atoms with van der Waals surface area (Å²) in [6.45, 7) is -2.70. The smallest absolute Gasteiger partial charge is 0.387 e. The van der Waals surface area contributed by atoms with Gasteiger partial charge >= 0.3 is 6.61 Å². The summed E-state index contributed by atoms with van der Waals surface area (Å²) in [6, 6.07) is 8.55. The number of benzene rings is 2. The topological polar surface area (TPSA) is 38.3 Å². The number of ether oxygens (including phenoxy) is 1. The van der Waals surface area contributed by atoms with Crippen molar-refractivity contribution in [2.45, 2.75) is 13.0 Å². The Balaban J connectivity index is 1.87. The van der Waals surface area contributed by atoms with Crippen LogP contribution in [0.25, 0.3) is 0 Å². The number of carbonyl (C=O) groups excluding carboxylic acids is 1. The second kappa shape index (κ2) is 7.62. The van der Waals surface area contributed by atoms with Gasteiger partial charge in [-0.25, -0.2) is 8.78 Å². The number of hydrogen-bond donors (Lipinski definition) is 1. The molecule has 0 aromatic heterocycles. The van der Waals surface area contributed by atoms with E-state index in [0.29, 0.717) is 6.42 Å². The maximum Gasteiger partial charge on any atom is 0.387 e. The normalized spacial score (nSPS) is 10.7. The van der Waals surface area contributed by atoms with E-state index in [1.807, 2.05) is 0 Å². The lowest BCUT2D eigenvalue weighted by Crippen LogP contribution is -2.26. The fraction of sp³-hybridized carbons (Fsp3) is 0.188. The number of rotatable bonds is 6. The Labute approximate surface area is 129 Å². The number of carbonyl (C=O) groups is 1. The van der Waals surface area contributed by atoms with E-state index in [1.165, 1.54) is 12.1 Å². The molecule has 0 spiro atoms. The minimum atomic E-state index is -2.89. The van der Waals surface area contributed by atoms with Crippen LogP contribution in [-0.4, -0.2) is 19.1 Å². The van der Waals surface area contributed by atoms with Crippen LogP contribution >= 0.6 is 0 Å². The highest BCUT2D eigenvalue weighted by molar-refractivity contribution is 5.94. The number of nitrogens with one attached hydrogen (secondary N) is 1. The van der Waals surface area contributed by atoms with Gasteiger partial charge in [0.2, 0.25) is 0 Å². The molecule has 0 aliphatic rings. The molecule has 1 amide bonds. The van der Waals surface area contributed by atoms with Gasteiger partial charge in [-0.1, -0.05) is 12.1 Å². The van der Waals surface area contributed by atoms with Crippen LogP contribution in [0.4, 0.5) is 17.6 Å². The second-order valence-corrected chi connectivity index (χ2v) is 4.65. The molecule has 23 heavy (non-hydrogen) atoms. The van der Waals surface area contributed by atoms with Crippen LogP contribution < -0.4 is 10.1 Å². The fourth-order valence-corrected chi connectivity index (χ4v) is 1.92. The van der Waals surface area contributed by atoms with Crippen molar-refractivity contribution in [3.63, 3.8) is 0 Å². The molecule has 2 aromatic carbocycles.